The van der Waals surface area contributed by atoms with E-state index in [1.807, 2.05) is 11.8 Å². The number of hydrogen-bond donors (Lipinski definition) is 1. The van der Waals surface area contributed by atoms with Crippen molar-refractivity contribution in [3.05, 3.63) is 47.1 Å². The second-order valence-electron chi connectivity index (χ2n) is 5.77. The molecule has 4 nitrogen and oxygen atoms in total. The Hall–Kier alpha value is -1.33. The smallest absolute Gasteiger partial charge is 0.228 e. The topological polar surface area (TPSA) is 51.0 Å². The highest BCUT2D eigenvalue weighted by molar-refractivity contribution is 7.99. The van der Waals surface area contributed by atoms with Gasteiger partial charge in [0.1, 0.15) is 0 Å². The SMILES string of the molecule is c1ccc2c(c1)CCC2c1noc(CC2CSCCN2)n1. The number of thioether (sulfide) groups is 1. The summed E-state index contributed by atoms with van der Waals surface area (Å²) in [6.45, 7) is 1.08. The van der Waals surface area contributed by atoms with Gasteiger partial charge in [0.15, 0.2) is 5.82 Å². The van der Waals surface area contributed by atoms with Gasteiger partial charge in [-0.1, -0.05) is 29.4 Å². The zero-order chi connectivity index (χ0) is 14.1. The second-order valence-corrected chi connectivity index (χ2v) is 6.92. The predicted molar refractivity (Wildman–Crippen MR) is 83.7 cm³/mol. The molecule has 2 unspecified atom stereocenters. The highest BCUT2D eigenvalue weighted by Gasteiger charge is 2.28. The zero-order valence-corrected chi connectivity index (χ0v) is 12.7. The van der Waals surface area contributed by atoms with Crippen molar-refractivity contribution < 1.29 is 4.52 Å². The van der Waals surface area contributed by atoms with Crippen LogP contribution < -0.4 is 5.32 Å². The predicted octanol–water partition coefficient (Wildman–Crippen LogP) is 2.40. The van der Waals surface area contributed by atoms with Crippen LogP contribution in [0.3, 0.4) is 0 Å². The fraction of sp³-hybridized carbons (Fsp3) is 0.500. The largest absolute Gasteiger partial charge is 0.339 e. The summed E-state index contributed by atoms with van der Waals surface area (Å²) in [6, 6.07) is 9.08. The first kappa shape index (κ1) is 13.3. The molecule has 0 amide bonds. The zero-order valence-electron chi connectivity index (χ0n) is 11.9. The first-order valence-electron chi connectivity index (χ1n) is 7.61. The molecule has 1 aliphatic heterocycles. The van der Waals surface area contributed by atoms with Gasteiger partial charge in [-0.15, -0.1) is 0 Å². The molecule has 0 bridgehead atoms. The highest BCUT2D eigenvalue weighted by Crippen LogP contribution is 2.36. The van der Waals surface area contributed by atoms with E-state index in [2.05, 4.69) is 39.7 Å². The van der Waals surface area contributed by atoms with Crippen LogP contribution in [0, 0.1) is 0 Å². The Kier molecular flexibility index (Phi) is 3.69. The Labute approximate surface area is 128 Å². The summed E-state index contributed by atoms with van der Waals surface area (Å²) >= 11 is 1.99. The van der Waals surface area contributed by atoms with Gasteiger partial charge in [-0.3, -0.25) is 0 Å². The number of aromatic nitrogens is 2. The minimum absolute atomic E-state index is 0.312. The molecule has 2 aromatic rings. The van der Waals surface area contributed by atoms with Crippen molar-refractivity contribution in [3.8, 4) is 0 Å². The number of benzene rings is 1. The lowest BCUT2D eigenvalue weighted by Gasteiger charge is -2.21. The first-order chi connectivity index (χ1) is 10.4. The molecule has 0 spiro atoms. The average Bonchev–Trinajstić information content (AvgIpc) is 3.14. The van der Waals surface area contributed by atoms with Crippen molar-refractivity contribution in [2.75, 3.05) is 18.1 Å². The summed E-state index contributed by atoms with van der Waals surface area (Å²) in [5.74, 6) is 4.27. The normalized spacial score (nSPS) is 25.0. The Morgan fingerprint density at radius 2 is 2.29 bits per heavy atom. The van der Waals surface area contributed by atoms with Crippen molar-refractivity contribution in [3.63, 3.8) is 0 Å². The summed E-state index contributed by atoms with van der Waals surface area (Å²) in [6.07, 6.45) is 3.05. The fourth-order valence-electron chi connectivity index (χ4n) is 3.28. The number of hydrogen-bond acceptors (Lipinski definition) is 5. The van der Waals surface area contributed by atoms with Gasteiger partial charge in [0, 0.05) is 36.4 Å². The van der Waals surface area contributed by atoms with E-state index < -0.39 is 0 Å². The van der Waals surface area contributed by atoms with E-state index in [4.69, 9.17) is 4.52 Å². The van der Waals surface area contributed by atoms with Crippen LogP contribution in [0.15, 0.2) is 28.8 Å². The molecule has 1 aliphatic carbocycles. The molecule has 2 atom stereocenters. The monoisotopic (exact) mass is 301 g/mol. The van der Waals surface area contributed by atoms with E-state index in [-0.39, 0.29) is 0 Å². The Morgan fingerprint density at radius 3 is 3.19 bits per heavy atom. The average molecular weight is 301 g/mol. The molecule has 1 saturated heterocycles. The number of nitrogens with zero attached hydrogens (tertiary/aromatic N) is 2. The molecule has 1 fully saturated rings. The van der Waals surface area contributed by atoms with Crippen LogP contribution in [0.25, 0.3) is 0 Å². The van der Waals surface area contributed by atoms with Crippen LogP contribution in [0.4, 0.5) is 0 Å². The quantitative estimate of drug-likeness (QED) is 0.943. The minimum Gasteiger partial charge on any atom is -0.339 e. The van der Waals surface area contributed by atoms with Crippen molar-refractivity contribution in [2.24, 2.45) is 0 Å². The third kappa shape index (κ3) is 2.72. The summed E-state index contributed by atoms with van der Waals surface area (Å²) in [5, 5.41) is 7.76. The Bertz CT molecular complexity index is 621. The van der Waals surface area contributed by atoms with Crippen molar-refractivity contribution in [1.29, 1.82) is 0 Å². The summed E-state index contributed by atoms with van der Waals surface area (Å²) in [7, 11) is 0. The maximum atomic E-state index is 5.48. The maximum Gasteiger partial charge on any atom is 0.228 e. The lowest BCUT2D eigenvalue weighted by atomic mass is 10.0. The van der Waals surface area contributed by atoms with E-state index in [0.717, 1.165) is 43.3 Å². The van der Waals surface area contributed by atoms with Crippen LogP contribution in [0.5, 0.6) is 0 Å². The van der Waals surface area contributed by atoms with Gasteiger partial charge in [-0.25, -0.2) is 0 Å². The van der Waals surface area contributed by atoms with E-state index in [0.29, 0.717) is 12.0 Å². The molecule has 110 valence electrons. The number of rotatable bonds is 3. The first-order valence-corrected chi connectivity index (χ1v) is 8.77. The molecule has 2 aliphatic rings. The lowest BCUT2D eigenvalue weighted by Crippen LogP contribution is -2.38. The van der Waals surface area contributed by atoms with E-state index >= 15 is 0 Å². The highest BCUT2D eigenvalue weighted by atomic mass is 32.2. The van der Waals surface area contributed by atoms with Crippen LogP contribution in [0.1, 0.15) is 35.2 Å². The van der Waals surface area contributed by atoms with Gasteiger partial charge in [-0.05, 0) is 24.0 Å². The molecular weight excluding hydrogens is 282 g/mol. The number of nitrogens with one attached hydrogen (secondary N) is 1. The minimum atomic E-state index is 0.312. The van der Waals surface area contributed by atoms with Gasteiger partial charge < -0.3 is 9.84 Å². The molecule has 0 radical (unpaired) electrons. The van der Waals surface area contributed by atoms with E-state index in [1.54, 1.807) is 0 Å². The molecule has 2 heterocycles. The van der Waals surface area contributed by atoms with E-state index in [1.165, 1.54) is 16.9 Å². The Balaban J connectivity index is 1.50. The van der Waals surface area contributed by atoms with Gasteiger partial charge in [0.2, 0.25) is 5.89 Å². The Morgan fingerprint density at radius 1 is 1.33 bits per heavy atom. The third-order valence-corrected chi connectivity index (χ3v) is 5.48. The maximum absolute atomic E-state index is 5.48. The number of fused-ring (bicyclic) bond motifs is 1. The van der Waals surface area contributed by atoms with Gasteiger partial charge in [0.25, 0.3) is 0 Å². The summed E-state index contributed by atoms with van der Waals surface area (Å²) in [5.41, 5.74) is 2.80. The lowest BCUT2D eigenvalue weighted by molar-refractivity contribution is 0.357. The standard InChI is InChI=1S/C16H19N3OS/c1-2-4-13-11(3-1)5-6-14(13)16-18-15(20-19-16)9-12-10-21-8-7-17-12/h1-4,12,14,17H,5-10H2. The van der Waals surface area contributed by atoms with Gasteiger partial charge in [-0.2, -0.15) is 16.7 Å². The van der Waals surface area contributed by atoms with Gasteiger partial charge >= 0.3 is 0 Å². The molecule has 1 aromatic heterocycles. The van der Waals surface area contributed by atoms with Crippen LogP contribution in [-0.2, 0) is 12.8 Å². The summed E-state index contributed by atoms with van der Waals surface area (Å²) in [4.78, 5) is 4.66. The molecule has 1 N–H and O–H groups in total. The molecule has 0 saturated carbocycles. The van der Waals surface area contributed by atoms with Crippen molar-refractivity contribution in [1.82, 2.24) is 15.5 Å². The molecule has 5 heteroatoms. The van der Waals surface area contributed by atoms with Crippen LogP contribution >= 0.6 is 11.8 Å². The molecule has 4 rings (SSSR count). The fourth-order valence-corrected chi connectivity index (χ4v) is 4.23. The van der Waals surface area contributed by atoms with Crippen LogP contribution in [0.2, 0.25) is 0 Å². The van der Waals surface area contributed by atoms with Crippen molar-refractivity contribution >= 4 is 11.8 Å². The van der Waals surface area contributed by atoms with Gasteiger partial charge in [0.05, 0.1) is 0 Å². The third-order valence-electron chi connectivity index (χ3n) is 4.35. The van der Waals surface area contributed by atoms with Crippen LogP contribution in [-0.4, -0.2) is 34.2 Å². The second kappa shape index (κ2) is 5.81. The molecule has 21 heavy (non-hydrogen) atoms. The van der Waals surface area contributed by atoms with E-state index in [9.17, 15) is 0 Å². The number of aryl methyl sites for hydroxylation is 1. The molecular formula is C16H19N3OS. The van der Waals surface area contributed by atoms with Crippen molar-refractivity contribution in [2.45, 2.75) is 31.2 Å². The summed E-state index contributed by atoms with van der Waals surface area (Å²) < 4.78 is 5.48. The molecule has 1 aromatic carbocycles.